The van der Waals surface area contributed by atoms with E-state index in [0.717, 1.165) is 27.9 Å². The Bertz CT molecular complexity index is 1480. The minimum atomic E-state index is -0.237. The van der Waals surface area contributed by atoms with E-state index in [1.165, 1.54) is 0 Å². The molecule has 8 nitrogen and oxygen atoms in total. The molecule has 3 heterocycles. The lowest BCUT2D eigenvalue weighted by Gasteiger charge is -2.11. The normalized spacial score (nSPS) is 10.9. The van der Waals surface area contributed by atoms with Crippen molar-refractivity contribution < 1.29 is 9.53 Å². The number of fused-ring (bicyclic) bond motifs is 1. The molecule has 168 valence electrons. The van der Waals surface area contributed by atoms with Gasteiger partial charge in [0.15, 0.2) is 18.1 Å². The van der Waals surface area contributed by atoms with Crippen molar-refractivity contribution in [3.63, 3.8) is 0 Å². The Morgan fingerprint density at radius 2 is 1.79 bits per heavy atom. The highest BCUT2D eigenvalue weighted by Gasteiger charge is 2.12. The van der Waals surface area contributed by atoms with Gasteiger partial charge in [-0.1, -0.05) is 29.8 Å². The van der Waals surface area contributed by atoms with Crippen LogP contribution in [-0.4, -0.2) is 37.3 Å². The van der Waals surface area contributed by atoms with E-state index in [0.29, 0.717) is 22.9 Å². The number of anilines is 1. The number of carbonyl (C=O) groups is 1. The molecule has 2 aromatic carbocycles. The van der Waals surface area contributed by atoms with Crippen LogP contribution in [-0.2, 0) is 4.79 Å². The number of nitrogens with one attached hydrogen (secondary N) is 1. The molecule has 0 atom stereocenters. The fourth-order valence-electron chi connectivity index (χ4n) is 3.68. The molecular weight excluding hydrogens is 428 g/mol. The summed E-state index contributed by atoms with van der Waals surface area (Å²) in [7, 11) is 0. The number of rotatable bonds is 6. The summed E-state index contributed by atoms with van der Waals surface area (Å²) in [4.78, 5) is 16.5. The first-order chi connectivity index (χ1) is 16.6. The second-order valence-corrected chi connectivity index (χ2v) is 7.93. The lowest BCUT2D eigenvalue weighted by Crippen LogP contribution is -2.20. The number of carbonyl (C=O) groups excluding carboxylic acids is 1. The number of pyridine rings is 1. The molecule has 0 fully saturated rings. The molecule has 0 aliphatic heterocycles. The van der Waals surface area contributed by atoms with Crippen LogP contribution in [0.5, 0.6) is 5.75 Å². The average molecular weight is 451 g/mol. The second kappa shape index (κ2) is 9.11. The molecule has 0 aliphatic rings. The summed E-state index contributed by atoms with van der Waals surface area (Å²) < 4.78 is 7.39. The van der Waals surface area contributed by atoms with E-state index in [-0.39, 0.29) is 12.5 Å². The minimum Gasteiger partial charge on any atom is -0.483 e. The fourth-order valence-corrected chi connectivity index (χ4v) is 3.68. The Morgan fingerprint density at radius 3 is 2.62 bits per heavy atom. The van der Waals surface area contributed by atoms with Crippen LogP contribution in [0.2, 0.25) is 0 Å². The quantitative estimate of drug-likeness (QED) is 0.410. The van der Waals surface area contributed by atoms with Crippen molar-refractivity contribution in [2.45, 2.75) is 13.8 Å². The van der Waals surface area contributed by atoms with Gasteiger partial charge in [-0.3, -0.25) is 9.78 Å². The maximum Gasteiger partial charge on any atom is 0.262 e. The van der Waals surface area contributed by atoms with Crippen LogP contribution in [0.15, 0.2) is 79.1 Å². The van der Waals surface area contributed by atoms with Gasteiger partial charge >= 0.3 is 0 Å². The minimum absolute atomic E-state index is 0.0751. The standard InChI is InChI=1S/C26H22N6O2/c1-17-6-8-23(18(2)14-17)34-16-25(33)28-21-5-3-4-20(15-21)22-7-9-24-29-30-26(32(24)31-22)19-10-12-27-13-11-19/h3-15H,16H2,1-2H3,(H,28,33). The summed E-state index contributed by atoms with van der Waals surface area (Å²) in [6, 6.07) is 20.9. The number of nitrogens with zero attached hydrogens (tertiary/aromatic N) is 5. The van der Waals surface area contributed by atoms with Gasteiger partial charge in [0.1, 0.15) is 5.75 Å². The van der Waals surface area contributed by atoms with Gasteiger partial charge in [0, 0.05) is 29.2 Å². The molecule has 5 aromatic rings. The van der Waals surface area contributed by atoms with Crippen LogP contribution < -0.4 is 10.1 Å². The molecule has 5 rings (SSSR count). The number of amides is 1. The summed E-state index contributed by atoms with van der Waals surface area (Å²) in [5.74, 6) is 1.09. The smallest absolute Gasteiger partial charge is 0.262 e. The zero-order valence-electron chi connectivity index (χ0n) is 18.8. The van der Waals surface area contributed by atoms with E-state index < -0.39 is 0 Å². The van der Waals surface area contributed by atoms with Gasteiger partial charge in [-0.25, -0.2) is 0 Å². The zero-order valence-corrected chi connectivity index (χ0v) is 18.8. The maximum atomic E-state index is 12.5. The highest BCUT2D eigenvalue weighted by Crippen LogP contribution is 2.24. The van der Waals surface area contributed by atoms with Crippen LogP contribution in [0.25, 0.3) is 28.3 Å². The van der Waals surface area contributed by atoms with Gasteiger partial charge < -0.3 is 10.1 Å². The van der Waals surface area contributed by atoms with Gasteiger partial charge in [0.25, 0.3) is 5.91 Å². The Morgan fingerprint density at radius 1 is 0.941 bits per heavy atom. The molecule has 3 aromatic heterocycles. The first kappa shape index (κ1) is 21.3. The largest absolute Gasteiger partial charge is 0.483 e. The summed E-state index contributed by atoms with van der Waals surface area (Å²) in [6.07, 6.45) is 3.41. The van der Waals surface area contributed by atoms with Crippen molar-refractivity contribution in [1.82, 2.24) is 24.8 Å². The van der Waals surface area contributed by atoms with Gasteiger partial charge in [0.05, 0.1) is 5.69 Å². The predicted octanol–water partition coefficient (Wildman–Crippen LogP) is 4.49. The molecule has 0 saturated carbocycles. The first-order valence-corrected chi connectivity index (χ1v) is 10.8. The highest BCUT2D eigenvalue weighted by molar-refractivity contribution is 5.92. The van der Waals surface area contributed by atoms with Crippen LogP contribution in [0.1, 0.15) is 11.1 Å². The summed E-state index contributed by atoms with van der Waals surface area (Å²) in [6.45, 7) is 3.91. The molecule has 8 heteroatoms. The number of hydrogen-bond acceptors (Lipinski definition) is 6. The second-order valence-electron chi connectivity index (χ2n) is 7.93. The molecule has 1 amide bonds. The molecular formula is C26H22N6O2. The number of hydrogen-bond donors (Lipinski definition) is 1. The molecule has 0 aliphatic carbocycles. The van der Waals surface area contributed by atoms with Crippen molar-refractivity contribution >= 4 is 17.2 Å². The van der Waals surface area contributed by atoms with E-state index in [9.17, 15) is 4.79 Å². The van der Waals surface area contributed by atoms with E-state index in [1.807, 2.05) is 80.6 Å². The van der Waals surface area contributed by atoms with Crippen molar-refractivity contribution in [2.75, 3.05) is 11.9 Å². The van der Waals surface area contributed by atoms with Gasteiger partial charge in [-0.05, 0) is 61.9 Å². The number of aromatic nitrogens is 5. The van der Waals surface area contributed by atoms with Crippen molar-refractivity contribution in [3.05, 3.63) is 90.3 Å². The predicted molar refractivity (Wildman–Crippen MR) is 129 cm³/mol. The van der Waals surface area contributed by atoms with E-state index in [4.69, 9.17) is 9.84 Å². The average Bonchev–Trinajstić information content (AvgIpc) is 3.27. The summed E-state index contributed by atoms with van der Waals surface area (Å²) in [5.41, 5.74) is 5.90. The third-order valence-electron chi connectivity index (χ3n) is 5.33. The lowest BCUT2D eigenvalue weighted by atomic mass is 10.1. The van der Waals surface area contributed by atoms with Crippen LogP contribution >= 0.6 is 0 Å². The molecule has 0 bridgehead atoms. The molecule has 0 spiro atoms. The lowest BCUT2D eigenvalue weighted by molar-refractivity contribution is -0.118. The number of benzene rings is 2. The van der Waals surface area contributed by atoms with Gasteiger partial charge in [-0.2, -0.15) is 9.61 Å². The topological polar surface area (TPSA) is 94.3 Å². The Hall–Kier alpha value is -4.59. The van der Waals surface area contributed by atoms with Crippen molar-refractivity contribution in [2.24, 2.45) is 0 Å². The fraction of sp³-hybridized carbons (Fsp3) is 0.115. The molecule has 34 heavy (non-hydrogen) atoms. The zero-order chi connectivity index (χ0) is 23.5. The Kier molecular flexibility index (Phi) is 5.70. The molecule has 1 N–H and O–H groups in total. The molecule has 0 radical (unpaired) electrons. The monoisotopic (exact) mass is 450 g/mol. The third-order valence-corrected chi connectivity index (χ3v) is 5.33. The summed E-state index contributed by atoms with van der Waals surface area (Å²) >= 11 is 0. The van der Waals surface area contributed by atoms with Crippen molar-refractivity contribution in [3.8, 4) is 28.4 Å². The number of aryl methyl sites for hydroxylation is 2. The van der Waals surface area contributed by atoms with E-state index >= 15 is 0 Å². The molecule has 0 saturated heterocycles. The van der Waals surface area contributed by atoms with E-state index in [1.54, 1.807) is 16.9 Å². The maximum absolute atomic E-state index is 12.5. The van der Waals surface area contributed by atoms with Crippen LogP contribution in [0, 0.1) is 13.8 Å². The van der Waals surface area contributed by atoms with Crippen LogP contribution in [0.3, 0.4) is 0 Å². The third kappa shape index (κ3) is 4.47. The van der Waals surface area contributed by atoms with Gasteiger partial charge in [-0.15, -0.1) is 10.2 Å². The Labute approximate surface area is 196 Å². The summed E-state index contributed by atoms with van der Waals surface area (Å²) in [5, 5.41) is 16.1. The van der Waals surface area contributed by atoms with Crippen molar-refractivity contribution in [1.29, 1.82) is 0 Å². The Balaban J connectivity index is 1.34. The van der Waals surface area contributed by atoms with E-state index in [2.05, 4.69) is 20.5 Å². The number of ether oxygens (including phenoxy) is 1. The van der Waals surface area contributed by atoms with Crippen LogP contribution in [0.4, 0.5) is 5.69 Å². The SMILES string of the molecule is Cc1ccc(OCC(=O)Nc2cccc(-c3ccc4nnc(-c5ccncc5)n4n3)c2)c(C)c1. The van der Waals surface area contributed by atoms with Gasteiger partial charge in [0.2, 0.25) is 0 Å². The first-order valence-electron chi connectivity index (χ1n) is 10.8. The highest BCUT2D eigenvalue weighted by atomic mass is 16.5. The molecule has 0 unspecified atom stereocenters.